The van der Waals surface area contributed by atoms with Crippen LogP contribution in [-0.4, -0.2) is 50.4 Å². The number of amides is 1. The zero-order chi connectivity index (χ0) is 15.0. The summed E-state index contributed by atoms with van der Waals surface area (Å²) in [5, 5.41) is 2.68. The number of ether oxygens (including phenoxy) is 3. The Morgan fingerprint density at radius 1 is 1.35 bits per heavy atom. The van der Waals surface area contributed by atoms with Crippen LogP contribution in [0.5, 0.6) is 0 Å². The lowest BCUT2D eigenvalue weighted by Gasteiger charge is -2.15. The summed E-state index contributed by atoms with van der Waals surface area (Å²) in [4.78, 5) is 23.0. The lowest BCUT2D eigenvalue weighted by atomic mass is 10.2. The number of nitrogens with one attached hydrogen (secondary N) is 1. The van der Waals surface area contributed by atoms with Crippen LogP contribution in [0.15, 0.2) is 0 Å². The minimum absolute atomic E-state index is 0.0691. The topological polar surface area (TPSA) is 73.9 Å². The van der Waals surface area contributed by atoms with Crippen LogP contribution < -0.4 is 5.32 Å². The lowest BCUT2D eigenvalue weighted by molar-refractivity contribution is -0.160. The molecule has 2 atom stereocenters. The van der Waals surface area contributed by atoms with E-state index in [4.69, 9.17) is 14.2 Å². The first kappa shape index (κ1) is 16.9. The third-order valence-electron chi connectivity index (χ3n) is 2.94. The summed E-state index contributed by atoms with van der Waals surface area (Å²) < 4.78 is 15.7. The first-order valence-electron chi connectivity index (χ1n) is 7.15. The van der Waals surface area contributed by atoms with Crippen molar-refractivity contribution in [1.29, 1.82) is 0 Å². The van der Waals surface area contributed by atoms with Crippen LogP contribution in [0.3, 0.4) is 0 Å². The normalized spacial score (nSPS) is 19.9. The van der Waals surface area contributed by atoms with Crippen LogP contribution in [0.1, 0.15) is 33.6 Å². The number of carbonyl (C=O) groups excluding carboxylic acids is 2. The summed E-state index contributed by atoms with van der Waals surface area (Å²) in [5.74, 6) is -0.454. The van der Waals surface area contributed by atoms with E-state index >= 15 is 0 Å². The summed E-state index contributed by atoms with van der Waals surface area (Å²) in [6.45, 7) is 7.04. The average molecular weight is 287 g/mol. The van der Waals surface area contributed by atoms with Gasteiger partial charge in [0.15, 0.2) is 12.7 Å². The van der Waals surface area contributed by atoms with Crippen LogP contribution in [0, 0.1) is 5.92 Å². The van der Waals surface area contributed by atoms with E-state index in [1.807, 2.05) is 13.8 Å². The van der Waals surface area contributed by atoms with Crippen LogP contribution in [0.4, 0.5) is 0 Å². The zero-order valence-electron chi connectivity index (χ0n) is 12.5. The third kappa shape index (κ3) is 6.86. The Hall–Kier alpha value is -1.14. The van der Waals surface area contributed by atoms with Gasteiger partial charge in [-0.1, -0.05) is 13.8 Å². The number of esters is 1. The molecule has 0 bridgehead atoms. The van der Waals surface area contributed by atoms with Crippen LogP contribution >= 0.6 is 0 Å². The second-order valence-electron chi connectivity index (χ2n) is 5.42. The van der Waals surface area contributed by atoms with Crippen molar-refractivity contribution in [2.75, 3.05) is 26.4 Å². The monoisotopic (exact) mass is 287 g/mol. The molecular formula is C14H25NO5. The molecule has 1 saturated heterocycles. The minimum atomic E-state index is -0.683. The lowest BCUT2D eigenvalue weighted by Crippen LogP contribution is -2.34. The van der Waals surface area contributed by atoms with Crippen molar-refractivity contribution in [3.63, 3.8) is 0 Å². The third-order valence-corrected chi connectivity index (χ3v) is 2.94. The Bertz CT molecular complexity index is 313. The molecule has 1 fully saturated rings. The highest BCUT2D eigenvalue weighted by molar-refractivity contribution is 5.81. The van der Waals surface area contributed by atoms with Gasteiger partial charge in [-0.3, -0.25) is 4.79 Å². The van der Waals surface area contributed by atoms with E-state index in [0.29, 0.717) is 19.1 Å². The maximum absolute atomic E-state index is 11.6. The van der Waals surface area contributed by atoms with E-state index < -0.39 is 12.1 Å². The molecular weight excluding hydrogens is 262 g/mol. The van der Waals surface area contributed by atoms with E-state index in [1.165, 1.54) is 0 Å². The van der Waals surface area contributed by atoms with E-state index in [-0.39, 0.29) is 18.6 Å². The Morgan fingerprint density at radius 3 is 2.70 bits per heavy atom. The number of hydrogen-bond donors (Lipinski definition) is 1. The standard InChI is InChI=1S/C14H25NO5/c1-10(2)7-15-13(16)9-20-14(17)11(3)19-8-12-5-4-6-18-12/h10-12H,4-9H2,1-3H3,(H,15,16). The molecule has 1 rings (SSSR count). The van der Waals surface area contributed by atoms with Crippen molar-refractivity contribution in [3.8, 4) is 0 Å². The number of carbonyl (C=O) groups is 2. The predicted octanol–water partition coefficient (Wildman–Crippen LogP) is 0.886. The van der Waals surface area contributed by atoms with E-state index in [1.54, 1.807) is 6.92 Å². The highest BCUT2D eigenvalue weighted by Gasteiger charge is 2.21. The molecule has 0 aliphatic carbocycles. The Balaban J connectivity index is 2.12. The van der Waals surface area contributed by atoms with Gasteiger partial charge < -0.3 is 19.5 Å². The van der Waals surface area contributed by atoms with Gasteiger partial charge in [0.2, 0.25) is 0 Å². The highest BCUT2D eigenvalue weighted by atomic mass is 16.6. The molecule has 1 aliphatic heterocycles. The Labute approximate surface area is 120 Å². The molecule has 0 radical (unpaired) electrons. The summed E-state index contributed by atoms with van der Waals surface area (Å²) in [6, 6.07) is 0. The van der Waals surface area contributed by atoms with E-state index in [2.05, 4.69) is 5.32 Å². The average Bonchev–Trinajstić information content (AvgIpc) is 2.92. The SMILES string of the molecule is CC(C)CNC(=O)COC(=O)C(C)OCC1CCCO1. The maximum Gasteiger partial charge on any atom is 0.335 e. The fourth-order valence-corrected chi connectivity index (χ4v) is 1.72. The highest BCUT2D eigenvalue weighted by Crippen LogP contribution is 2.12. The molecule has 0 saturated carbocycles. The van der Waals surface area contributed by atoms with Crippen molar-refractivity contribution in [2.24, 2.45) is 5.92 Å². The van der Waals surface area contributed by atoms with Gasteiger partial charge in [0.1, 0.15) is 0 Å². The molecule has 0 spiro atoms. The number of hydrogen-bond acceptors (Lipinski definition) is 5. The van der Waals surface area contributed by atoms with Crippen molar-refractivity contribution in [1.82, 2.24) is 5.32 Å². The zero-order valence-corrected chi connectivity index (χ0v) is 12.5. The molecule has 1 N–H and O–H groups in total. The summed E-state index contributed by atoms with van der Waals surface area (Å²) in [6.07, 6.45) is 1.37. The summed E-state index contributed by atoms with van der Waals surface area (Å²) >= 11 is 0. The fourth-order valence-electron chi connectivity index (χ4n) is 1.72. The largest absolute Gasteiger partial charge is 0.454 e. The van der Waals surface area contributed by atoms with Crippen molar-refractivity contribution in [2.45, 2.75) is 45.8 Å². The Morgan fingerprint density at radius 2 is 2.10 bits per heavy atom. The van der Waals surface area contributed by atoms with Crippen LogP contribution in [0.2, 0.25) is 0 Å². The van der Waals surface area contributed by atoms with Gasteiger partial charge in [0.05, 0.1) is 12.7 Å². The molecule has 0 aromatic carbocycles. The van der Waals surface area contributed by atoms with Crippen molar-refractivity contribution >= 4 is 11.9 Å². The van der Waals surface area contributed by atoms with Gasteiger partial charge in [-0.15, -0.1) is 0 Å². The second kappa shape index (κ2) is 8.92. The molecule has 116 valence electrons. The summed E-state index contributed by atoms with van der Waals surface area (Å²) in [5.41, 5.74) is 0. The van der Waals surface area contributed by atoms with Gasteiger partial charge in [-0.2, -0.15) is 0 Å². The molecule has 1 heterocycles. The molecule has 0 aromatic heterocycles. The van der Waals surface area contributed by atoms with Crippen molar-refractivity contribution < 1.29 is 23.8 Å². The first-order valence-corrected chi connectivity index (χ1v) is 7.15. The fraction of sp³-hybridized carbons (Fsp3) is 0.857. The van der Waals surface area contributed by atoms with E-state index in [9.17, 15) is 9.59 Å². The Kier molecular flexibility index (Phi) is 7.54. The second-order valence-corrected chi connectivity index (χ2v) is 5.42. The molecule has 0 aromatic rings. The molecule has 1 aliphatic rings. The smallest absolute Gasteiger partial charge is 0.335 e. The van der Waals surface area contributed by atoms with Gasteiger partial charge in [-0.25, -0.2) is 4.79 Å². The van der Waals surface area contributed by atoms with Gasteiger partial charge >= 0.3 is 5.97 Å². The molecule has 2 unspecified atom stereocenters. The van der Waals surface area contributed by atoms with Gasteiger partial charge in [-0.05, 0) is 25.7 Å². The predicted molar refractivity (Wildman–Crippen MR) is 73.2 cm³/mol. The van der Waals surface area contributed by atoms with Crippen LogP contribution in [-0.2, 0) is 23.8 Å². The van der Waals surface area contributed by atoms with Gasteiger partial charge in [0.25, 0.3) is 5.91 Å². The van der Waals surface area contributed by atoms with Crippen molar-refractivity contribution in [3.05, 3.63) is 0 Å². The summed E-state index contributed by atoms with van der Waals surface area (Å²) in [7, 11) is 0. The quantitative estimate of drug-likeness (QED) is 0.671. The molecule has 6 nitrogen and oxygen atoms in total. The maximum atomic E-state index is 11.6. The molecule has 6 heteroatoms. The van der Waals surface area contributed by atoms with E-state index in [0.717, 1.165) is 19.4 Å². The first-order chi connectivity index (χ1) is 9.49. The van der Waals surface area contributed by atoms with Gasteiger partial charge in [0, 0.05) is 13.2 Å². The molecule has 20 heavy (non-hydrogen) atoms. The molecule has 1 amide bonds. The minimum Gasteiger partial charge on any atom is -0.454 e. The number of rotatable bonds is 8. The van der Waals surface area contributed by atoms with Crippen LogP contribution in [0.25, 0.3) is 0 Å².